The molecule has 34 heavy (non-hydrogen) atoms. The fourth-order valence-electron chi connectivity index (χ4n) is 3.53. The van der Waals surface area contributed by atoms with Crippen LogP contribution in [0.5, 0.6) is 11.5 Å². The summed E-state index contributed by atoms with van der Waals surface area (Å²) in [6.45, 7) is 0. The monoisotopic (exact) mass is 470 g/mol. The Labute approximate surface area is 193 Å². The summed E-state index contributed by atoms with van der Waals surface area (Å²) in [6, 6.07) is 10.5. The topological polar surface area (TPSA) is 106 Å². The molecule has 0 unspecified atom stereocenters. The van der Waals surface area contributed by atoms with E-state index in [1.165, 1.54) is 54.7 Å². The van der Waals surface area contributed by atoms with Crippen molar-refractivity contribution in [3.8, 4) is 11.5 Å². The van der Waals surface area contributed by atoms with Gasteiger partial charge in [-0.15, -0.1) is 0 Å². The maximum atomic E-state index is 14.5. The third kappa shape index (κ3) is 5.64. The molecule has 2 aromatic carbocycles. The van der Waals surface area contributed by atoms with Gasteiger partial charge in [0.1, 0.15) is 17.4 Å². The van der Waals surface area contributed by atoms with Crippen molar-refractivity contribution in [2.45, 2.75) is 25.7 Å². The van der Waals surface area contributed by atoms with E-state index in [4.69, 9.17) is 10.5 Å². The first-order chi connectivity index (χ1) is 16.2. The van der Waals surface area contributed by atoms with Gasteiger partial charge in [-0.25, -0.2) is 13.8 Å². The van der Waals surface area contributed by atoms with Crippen LogP contribution in [0.2, 0.25) is 0 Å². The molecule has 0 bridgehead atoms. The Bertz CT molecular complexity index is 1230. The number of nitrogen functional groups attached to an aromatic ring is 1. The highest BCUT2D eigenvalue weighted by atomic mass is 19.2. The fraction of sp³-hybridized carbons (Fsp3) is 0.208. The summed E-state index contributed by atoms with van der Waals surface area (Å²) in [5.41, 5.74) is 5.10. The Morgan fingerprint density at radius 1 is 0.941 bits per heavy atom. The average molecular weight is 470 g/mol. The Hall–Kier alpha value is -4.08. The molecule has 1 heterocycles. The van der Waals surface area contributed by atoms with E-state index in [-0.39, 0.29) is 41.8 Å². The van der Waals surface area contributed by atoms with Gasteiger partial charge in [-0.05, 0) is 60.7 Å². The third-order valence-corrected chi connectivity index (χ3v) is 5.46. The van der Waals surface area contributed by atoms with Gasteiger partial charge >= 0.3 is 0 Å². The van der Waals surface area contributed by atoms with Crippen molar-refractivity contribution < 1.29 is 27.5 Å². The summed E-state index contributed by atoms with van der Waals surface area (Å²) in [5, 5.41) is 5.03. The molecule has 1 aliphatic carbocycles. The summed E-state index contributed by atoms with van der Waals surface area (Å²) < 4.78 is 47.3. The van der Waals surface area contributed by atoms with Crippen LogP contribution in [-0.2, 0) is 9.59 Å². The van der Waals surface area contributed by atoms with Gasteiger partial charge in [0.15, 0.2) is 11.6 Å². The second kappa shape index (κ2) is 9.42. The first kappa shape index (κ1) is 23.1. The average Bonchev–Trinajstić information content (AvgIpc) is 3.53. The second-order valence-electron chi connectivity index (χ2n) is 8.21. The molecule has 4 rings (SSSR count). The van der Waals surface area contributed by atoms with Crippen molar-refractivity contribution in [1.29, 1.82) is 0 Å². The summed E-state index contributed by atoms with van der Waals surface area (Å²) >= 11 is 0. The molecule has 0 aliphatic heterocycles. The lowest BCUT2D eigenvalue weighted by atomic mass is 9.97. The van der Waals surface area contributed by atoms with Gasteiger partial charge in [-0.2, -0.15) is 4.39 Å². The van der Waals surface area contributed by atoms with Crippen molar-refractivity contribution in [3.05, 3.63) is 72.2 Å². The van der Waals surface area contributed by atoms with Crippen LogP contribution in [0.15, 0.2) is 54.7 Å². The van der Waals surface area contributed by atoms with Crippen molar-refractivity contribution in [3.63, 3.8) is 0 Å². The van der Waals surface area contributed by atoms with Gasteiger partial charge in [0.05, 0.1) is 5.69 Å². The number of hydrogen-bond donors (Lipinski definition) is 3. The van der Waals surface area contributed by atoms with Crippen LogP contribution in [-0.4, -0.2) is 16.8 Å². The molecule has 7 nitrogen and oxygen atoms in total. The molecule has 4 N–H and O–H groups in total. The number of nitrogens with zero attached hydrogens (tertiary/aromatic N) is 1. The van der Waals surface area contributed by atoms with Crippen molar-refractivity contribution in [2.75, 3.05) is 16.4 Å². The Balaban J connectivity index is 1.35. The molecular formula is C24H21F3N4O3. The van der Waals surface area contributed by atoms with E-state index in [1.807, 2.05) is 0 Å². The highest BCUT2D eigenvalue weighted by molar-refractivity contribution is 5.94. The molecular weight excluding hydrogens is 449 g/mol. The van der Waals surface area contributed by atoms with E-state index in [2.05, 4.69) is 15.6 Å². The number of amides is 2. The number of ether oxygens (including phenoxy) is 1. The van der Waals surface area contributed by atoms with Crippen LogP contribution in [0.3, 0.4) is 0 Å². The highest BCUT2D eigenvalue weighted by Gasteiger charge is 2.46. The van der Waals surface area contributed by atoms with Crippen LogP contribution in [0.1, 0.15) is 25.7 Å². The number of anilines is 3. The van der Waals surface area contributed by atoms with Crippen molar-refractivity contribution in [2.24, 2.45) is 5.41 Å². The van der Waals surface area contributed by atoms with Crippen molar-refractivity contribution in [1.82, 2.24) is 4.98 Å². The molecule has 1 fully saturated rings. The first-order valence-electron chi connectivity index (χ1n) is 10.5. The molecule has 0 spiro atoms. The summed E-state index contributed by atoms with van der Waals surface area (Å²) in [7, 11) is 0. The maximum Gasteiger partial charge on any atom is 0.225 e. The van der Waals surface area contributed by atoms with Crippen LogP contribution in [0.4, 0.5) is 30.4 Å². The number of pyridine rings is 1. The van der Waals surface area contributed by atoms with Gasteiger partial charge in [0.25, 0.3) is 0 Å². The number of nitrogens with one attached hydrogen (secondary N) is 2. The van der Waals surface area contributed by atoms with Crippen LogP contribution in [0.25, 0.3) is 0 Å². The minimum absolute atomic E-state index is 0.0283. The van der Waals surface area contributed by atoms with Gasteiger partial charge in [-0.3, -0.25) is 9.59 Å². The first-order valence-corrected chi connectivity index (χ1v) is 10.5. The van der Waals surface area contributed by atoms with Crippen LogP contribution >= 0.6 is 0 Å². The van der Waals surface area contributed by atoms with E-state index in [9.17, 15) is 22.8 Å². The number of carbonyl (C=O) groups excluding carboxylic acids is 2. The van der Waals surface area contributed by atoms with E-state index in [0.717, 1.165) is 0 Å². The summed E-state index contributed by atoms with van der Waals surface area (Å²) in [4.78, 5) is 28.6. The molecule has 176 valence electrons. The number of rotatable bonds is 8. The van der Waals surface area contributed by atoms with Crippen molar-refractivity contribution >= 4 is 29.0 Å². The number of aromatic nitrogens is 1. The van der Waals surface area contributed by atoms with Gasteiger partial charge < -0.3 is 21.1 Å². The third-order valence-electron chi connectivity index (χ3n) is 5.46. The van der Waals surface area contributed by atoms with Crippen LogP contribution in [0, 0.1) is 22.9 Å². The minimum atomic E-state index is -1.27. The largest absolute Gasteiger partial charge is 0.454 e. The highest BCUT2D eigenvalue weighted by Crippen LogP contribution is 2.52. The number of benzene rings is 2. The number of carbonyl (C=O) groups is 2. The zero-order valence-electron chi connectivity index (χ0n) is 17.9. The van der Waals surface area contributed by atoms with E-state index >= 15 is 0 Å². The fourth-order valence-corrected chi connectivity index (χ4v) is 3.53. The van der Waals surface area contributed by atoms with Crippen LogP contribution < -0.4 is 21.1 Å². The SMILES string of the molecule is Nc1cc(Oc2ccc(NC(=O)CC3(CC(=O)Nc4ccc(F)cc4)CC3)c(F)c2F)ccn1. The number of nitrogens with two attached hydrogens (primary N) is 1. The summed E-state index contributed by atoms with van der Waals surface area (Å²) in [5.74, 6) is -3.86. The molecule has 2 amide bonds. The zero-order valence-corrected chi connectivity index (χ0v) is 17.9. The Morgan fingerprint density at radius 2 is 1.62 bits per heavy atom. The van der Waals surface area contributed by atoms with E-state index in [1.54, 1.807) is 0 Å². The number of halogens is 3. The minimum Gasteiger partial charge on any atom is -0.454 e. The number of hydrogen-bond acceptors (Lipinski definition) is 5. The lowest BCUT2D eigenvalue weighted by Crippen LogP contribution is -2.23. The lowest BCUT2D eigenvalue weighted by Gasteiger charge is -2.16. The van der Waals surface area contributed by atoms with Gasteiger partial charge in [-0.1, -0.05) is 0 Å². The molecule has 0 saturated heterocycles. The van der Waals surface area contributed by atoms with Gasteiger partial charge in [0, 0.05) is 30.8 Å². The van der Waals surface area contributed by atoms with Gasteiger partial charge in [0.2, 0.25) is 17.6 Å². The Morgan fingerprint density at radius 3 is 2.26 bits per heavy atom. The Kier molecular flexibility index (Phi) is 6.40. The smallest absolute Gasteiger partial charge is 0.225 e. The quantitative estimate of drug-likeness (QED) is 0.429. The molecule has 3 aromatic rings. The van der Waals surface area contributed by atoms with E-state index in [0.29, 0.717) is 18.5 Å². The second-order valence-corrected chi connectivity index (χ2v) is 8.21. The lowest BCUT2D eigenvalue weighted by molar-refractivity contribution is -0.119. The molecule has 1 saturated carbocycles. The summed E-state index contributed by atoms with van der Waals surface area (Å²) in [6.07, 6.45) is 2.71. The normalized spacial score (nSPS) is 13.7. The predicted octanol–water partition coefficient (Wildman–Crippen LogP) is 5.01. The predicted molar refractivity (Wildman–Crippen MR) is 120 cm³/mol. The maximum absolute atomic E-state index is 14.5. The zero-order chi connectivity index (χ0) is 24.3. The molecule has 10 heteroatoms. The standard InChI is InChI=1S/C24H21F3N4O3/c25-14-1-3-15(4-2-14)30-20(32)12-24(8-9-24)13-21(33)31-17-5-6-18(23(27)22(17)26)34-16-7-10-29-19(28)11-16/h1-7,10-11H,8-9,12-13H2,(H2,28,29)(H,30,32)(H,31,33). The molecule has 1 aliphatic rings. The molecule has 0 radical (unpaired) electrons. The molecule has 0 atom stereocenters. The van der Waals surface area contributed by atoms with E-state index < -0.39 is 28.8 Å². The molecule has 1 aromatic heterocycles.